The predicted molar refractivity (Wildman–Crippen MR) is 73.2 cm³/mol. The molecule has 0 N–H and O–H groups in total. The lowest BCUT2D eigenvalue weighted by Crippen LogP contribution is -2.19. The van der Waals surface area contributed by atoms with Gasteiger partial charge in [0.1, 0.15) is 10.1 Å². The zero-order valence-corrected chi connectivity index (χ0v) is 11.1. The van der Waals surface area contributed by atoms with Crippen LogP contribution in [-0.2, 0) is 4.79 Å². The molecule has 0 aromatic heterocycles. The van der Waals surface area contributed by atoms with E-state index in [0.29, 0.717) is 17.7 Å². The second kappa shape index (κ2) is 5.59. The number of hydrogen-bond donors (Lipinski definition) is 0. The molecule has 1 aliphatic rings. The van der Waals surface area contributed by atoms with Crippen LogP contribution in [0.5, 0.6) is 5.75 Å². The summed E-state index contributed by atoms with van der Waals surface area (Å²) in [5.41, 5.74) is 0.488. The molecule has 94 valence electrons. The van der Waals surface area contributed by atoms with Crippen LogP contribution in [0.1, 0.15) is 6.42 Å². The number of para-hydroxylation sites is 1. The summed E-state index contributed by atoms with van der Waals surface area (Å²) in [6.07, 6.45) is 5.58. The van der Waals surface area contributed by atoms with Crippen LogP contribution in [0.15, 0.2) is 54.1 Å². The van der Waals surface area contributed by atoms with Crippen molar-refractivity contribution < 1.29 is 9.53 Å². The summed E-state index contributed by atoms with van der Waals surface area (Å²) >= 11 is 11.9. The molecule has 0 saturated heterocycles. The Labute approximate surface area is 116 Å². The van der Waals surface area contributed by atoms with Crippen molar-refractivity contribution in [3.63, 3.8) is 0 Å². The lowest BCUT2D eigenvalue weighted by atomic mass is 10.0. The van der Waals surface area contributed by atoms with Crippen LogP contribution in [0.2, 0.25) is 0 Å². The highest BCUT2D eigenvalue weighted by atomic mass is 35.5. The van der Waals surface area contributed by atoms with Gasteiger partial charge in [-0.3, -0.25) is 4.79 Å². The molecule has 0 heterocycles. The van der Waals surface area contributed by atoms with E-state index in [1.165, 1.54) is 0 Å². The lowest BCUT2D eigenvalue weighted by Gasteiger charge is -2.18. The van der Waals surface area contributed by atoms with Crippen molar-refractivity contribution in [2.24, 2.45) is 0 Å². The smallest absolute Gasteiger partial charge is 0.199 e. The van der Waals surface area contributed by atoms with E-state index in [2.05, 4.69) is 0 Å². The molecule has 2 nitrogen and oxygen atoms in total. The maximum atomic E-state index is 11.9. The topological polar surface area (TPSA) is 26.3 Å². The van der Waals surface area contributed by atoms with Gasteiger partial charge in [-0.1, -0.05) is 53.6 Å². The molecule has 0 spiro atoms. The van der Waals surface area contributed by atoms with E-state index in [1.807, 2.05) is 18.2 Å². The third-order valence-electron chi connectivity index (χ3n) is 2.49. The molecule has 0 atom stereocenters. The summed E-state index contributed by atoms with van der Waals surface area (Å²) < 4.78 is 4.39. The second-order valence-electron chi connectivity index (χ2n) is 3.99. The molecular weight excluding hydrogens is 271 g/mol. The average molecular weight is 283 g/mol. The van der Waals surface area contributed by atoms with Crippen LogP contribution < -0.4 is 4.74 Å². The van der Waals surface area contributed by atoms with Gasteiger partial charge in [-0.15, -0.1) is 0 Å². The molecule has 1 aliphatic carbocycles. The molecule has 1 aromatic carbocycles. The summed E-state index contributed by atoms with van der Waals surface area (Å²) in [6, 6.07) is 9.18. The normalized spacial score (nSPS) is 17.1. The molecule has 0 bridgehead atoms. The highest BCUT2D eigenvalue weighted by Crippen LogP contribution is 2.32. The first-order valence-corrected chi connectivity index (χ1v) is 6.31. The van der Waals surface area contributed by atoms with E-state index in [-0.39, 0.29) is 12.4 Å². The van der Waals surface area contributed by atoms with Gasteiger partial charge in [0.25, 0.3) is 0 Å². The minimum atomic E-state index is -0.994. The Hall–Kier alpha value is -1.25. The summed E-state index contributed by atoms with van der Waals surface area (Å²) in [7, 11) is 0. The Morgan fingerprint density at radius 2 is 2.00 bits per heavy atom. The Morgan fingerprint density at radius 1 is 1.28 bits per heavy atom. The molecule has 0 aliphatic heterocycles. The average Bonchev–Trinajstić information content (AvgIpc) is 2.36. The number of Topliss-reactive ketones (excluding diaryl/α,β-unsaturated/α-hetero) is 1. The highest BCUT2D eigenvalue weighted by molar-refractivity contribution is 6.50. The van der Waals surface area contributed by atoms with E-state index in [0.717, 1.165) is 0 Å². The van der Waals surface area contributed by atoms with E-state index in [1.54, 1.807) is 30.4 Å². The third kappa shape index (κ3) is 3.62. The van der Waals surface area contributed by atoms with Crippen molar-refractivity contribution in [2.75, 3.05) is 6.61 Å². The molecule has 0 radical (unpaired) electrons. The molecule has 0 saturated carbocycles. The molecule has 2 rings (SSSR count). The van der Waals surface area contributed by atoms with Crippen molar-refractivity contribution in [2.45, 2.75) is 10.8 Å². The summed E-state index contributed by atoms with van der Waals surface area (Å²) in [5.74, 6) is 0.523. The van der Waals surface area contributed by atoms with Crippen LogP contribution in [-0.4, -0.2) is 16.7 Å². The fraction of sp³-hybridized carbons (Fsp3) is 0.214. The third-order valence-corrected chi connectivity index (χ3v) is 3.02. The number of hydrogen-bond acceptors (Lipinski definition) is 2. The van der Waals surface area contributed by atoms with Crippen LogP contribution in [0.25, 0.3) is 0 Å². The van der Waals surface area contributed by atoms with E-state index in [9.17, 15) is 4.79 Å². The number of carbonyl (C=O) groups is 1. The van der Waals surface area contributed by atoms with Crippen LogP contribution in [0.4, 0.5) is 0 Å². The number of allylic oxidation sites excluding steroid dienone is 3. The van der Waals surface area contributed by atoms with E-state index < -0.39 is 4.33 Å². The maximum Gasteiger partial charge on any atom is 0.199 e. The predicted octanol–water partition coefficient (Wildman–Crippen LogP) is 3.69. The van der Waals surface area contributed by atoms with Crippen molar-refractivity contribution in [3.8, 4) is 5.75 Å². The van der Waals surface area contributed by atoms with Crippen molar-refractivity contribution in [1.82, 2.24) is 0 Å². The SMILES string of the molecule is O=C(COc1ccccc1)C1=CC(Cl)(Cl)CC=C1. The number of alkyl halides is 2. The zero-order valence-electron chi connectivity index (χ0n) is 9.61. The number of ether oxygens (including phenoxy) is 1. The second-order valence-corrected chi connectivity index (χ2v) is 5.53. The Morgan fingerprint density at radius 3 is 2.67 bits per heavy atom. The monoisotopic (exact) mass is 282 g/mol. The Kier molecular flexibility index (Phi) is 4.10. The van der Waals surface area contributed by atoms with Gasteiger partial charge in [-0.2, -0.15) is 0 Å². The van der Waals surface area contributed by atoms with Crippen LogP contribution in [0, 0.1) is 0 Å². The van der Waals surface area contributed by atoms with Crippen molar-refractivity contribution in [1.29, 1.82) is 0 Å². The molecular formula is C14H12Cl2O2. The van der Waals surface area contributed by atoms with Gasteiger partial charge in [0, 0.05) is 12.0 Å². The number of ketones is 1. The van der Waals surface area contributed by atoms with Crippen LogP contribution in [0.3, 0.4) is 0 Å². The number of benzene rings is 1. The molecule has 1 aromatic rings. The standard InChI is InChI=1S/C14H12Cl2O2/c15-14(16)8-4-5-11(9-14)13(17)10-18-12-6-2-1-3-7-12/h1-7,9H,8,10H2. The fourth-order valence-electron chi connectivity index (χ4n) is 1.60. The number of rotatable bonds is 4. The Balaban J connectivity index is 1.97. The van der Waals surface area contributed by atoms with Gasteiger partial charge in [-0.25, -0.2) is 0 Å². The molecule has 0 fully saturated rings. The fourth-order valence-corrected chi connectivity index (χ4v) is 2.01. The first-order chi connectivity index (χ1) is 8.57. The van der Waals surface area contributed by atoms with E-state index >= 15 is 0 Å². The van der Waals surface area contributed by atoms with Crippen LogP contribution >= 0.6 is 23.2 Å². The van der Waals surface area contributed by atoms with Crippen molar-refractivity contribution in [3.05, 3.63) is 54.1 Å². The molecule has 4 heteroatoms. The molecule has 0 unspecified atom stereocenters. The van der Waals surface area contributed by atoms with Gasteiger partial charge in [-0.05, 0) is 18.2 Å². The summed E-state index contributed by atoms with van der Waals surface area (Å²) in [5, 5.41) is 0. The largest absolute Gasteiger partial charge is 0.485 e. The maximum absolute atomic E-state index is 11.9. The van der Waals surface area contributed by atoms with Gasteiger partial charge < -0.3 is 4.74 Å². The van der Waals surface area contributed by atoms with Gasteiger partial charge in [0.15, 0.2) is 12.4 Å². The number of halogens is 2. The summed E-state index contributed by atoms with van der Waals surface area (Å²) in [6.45, 7) is -0.0238. The minimum absolute atomic E-state index is 0.0238. The number of carbonyl (C=O) groups excluding carboxylic acids is 1. The van der Waals surface area contributed by atoms with E-state index in [4.69, 9.17) is 27.9 Å². The zero-order chi connectivity index (χ0) is 13.0. The van der Waals surface area contributed by atoms with Gasteiger partial charge >= 0.3 is 0 Å². The molecule has 0 amide bonds. The Bertz CT molecular complexity index is 490. The molecule has 18 heavy (non-hydrogen) atoms. The quantitative estimate of drug-likeness (QED) is 0.788. The van der Waals surface area contributed by atoms with Crippen molar-refractivity contribution >= 4 is 29.0 Å². The first-order valence-electron chi connectivity index (χ1n) is 5.55. The first kappa shape index (κ1) is 13.2. The lowest BCUT2D eigenvalue weighted by molar-refractivity contribution is -0.117. The summed E-state index contributed by atoms with van der Waals surface area (Å²) in [4.78, 5) is 11.9. The van der Waals surface area contributed by atoms with Gasteiger partial charge in [0.2, 0.25) is 0 Å². The van der Waals surface area contributed by atoms with Gasteiger partial charge in [0.05, 0.1) is 0 Å². The minimum Gasteiger partial charge on any atom is -0.485 e. The highest BCUT2D eigenvalue weighted by Gasteiger charge is 2.24.